The highest BCUT2D eigenvalue weighted by Gasteiger charge is 2.22. The highest BCUT2D eigenvalue weighted by molar-refractivity contribution is 5.14. The minimum atomic E-state index is 0.746. The van der Waals surface area contributed by atoms with Crippen LogP contribution in [0.5, 0.6) is 0 Å². The Bertz CT molecular complexity index is 301. The number of aryl methyl sites for hydroxylation is 1. The van der Waals surface area contributed by atoms with Gasteiger partial charge in [-0.15, -0.1) is 0 Å². The molecule has 1 aliphatic rings. The van der Waals surface area contributed by atoms with Crippen LogP contribution in [0.15, 0.2) is 30.3 Å². The maximum atomic E-state index is 5.97. The van der Waals surface area contributed by atoms with Gasteiger partial charge in [-0.05, 0) is 36.8 Å². The van der Waals surface area contributed by atoms with Gasteiger partial charge in [0.05, 0.1) is 0 Å². The summed E-state index contributed by atoms with van der Waals surface area (Å²) in [4.78, 5) is 0. The first-order valence-corrected chi connectivity index (χ1v) is 7.14. The van der Waals surface area contributed by atoms with Crippen LogP contribution in [0.4, 0.5) is 0 Å². The van der Waals surface area contributed by atoms with Crippen molar-refractivity contribution < 1.29 is 0 Å². The van der Waals surface area contributed by atoms with Crippen LogP contribution in [0.2, 0.25) is 0 Å². The first kappa shape index (κ1) is 12.6. The highest BCUT2D eigenvalue weighted by atomic mass is 14.6. The van der Waals surface area contributed by atoms with Crippen LogP contribution in [0.1, 0.15) is 44.1 Å². The molecule has 0 saturated heterocycles. The molecule has 0 aliphatic heterocycles. The molecule has 0 amide bonds. The van der Waals surface area contributed by atoms with Gasteiger partial charge < -0.3 is 5.73 Å². The van der Waals surface area contributed by atoms with Crippen molar-refractivity contribution in [2.45, 2.75) is 44.9 Å². The Hall–Kier alpha value is -0.820. The molecule has 2 N–H and O–H groups in total. The van der Waals surface area contributed by atoms with Crippen LogP contribution in [-0.2, 0) is 6.42 Å². The lowest BCUT2D eigenvalue weighted by molar-refractivity contribution is 0.241. The molecule has 1 aromatic rings. The molecule has 1 heteroatoms. The highest BCUT2D eigenvalue weighted by Crippen LogP contribution is 2.31. The number of benzene rings is 1. The van der Waals surface area contributed by atoms with Crippen LogP contribution in [-0.4, -0.2) is 6.54 Å². The summed E-state index contributed by atoms with van der Waals surface area (Å²) in [6, 6.07) is 10.8. The SMILES string of the molecule is NCC(CCc1ccccc1)C1CCCCC1. The van der Waals surface area contributed by atoms with E-state index in [9.17, 15) is 0 Å². The molecule has 94 valence electrons. The molecule has 1 saturated carbocycles. The van der Waals surface area contributed by atoms with Crippen LogP contribution in [0, 0.1) is 11.8 Å². The summed E-state index contributed by atoms with van der Waals surface area (Å²) in [7, 11) is 0. The summed E-state index contributed by atoms with van der Waals surface area (Å²) in [6.07, 6.45) is 9.57. The molecular weight excluding hydrogens is 206 g/mol. The molecule has 1 aliphatic carbocycles. The van der Waals surface area contributed by atoms with E-state index in [0.717, 1.165) is 18.4 Å². The van der Waals surface area contributed by atoms with Gasteiger partial charge in [-0.3, -0.25) is 0 Å². The maximum Gasteiger partial charge on any atom is -0.00461 e. The topological polar surface area (TPSA) is 26.0 Å². The molecule has 0 aromatic heterocycles. The minimum Gasteiger partial charge on any atom is -0.330 e. The van der Waals surface area contributed by atoms with E-state index >= 15 is 0 Å². The van der Waals surface area contributed by atoms with Crippen LogP contribution < -0.4 is 5.73 Å². The molecule has 17 heavy (non-hydrogen) atoms. The normalized spacial score (nSPS) is 19.1. The first-order chi connectivity index (χ1) is 8.40. The van der Waals surface area contributed by atoms with Crippen molar-refractivity contribution in [3.63, 3.8) is 0 Å². The second-order valence-corrected chi connectivity index (χ2v) is 5.42. The van der Waals surface area contributed by atoms with Gasteiger partial charge in [0.1, 0.15) is 0 Å². The summed E-state index contributed by atoms with van der Waals surface area (Å²) in [5.41, 5.74) is 7.43. The molecule has 1 aromatic carbocycles. The summed E-state index contributed by atoms with van der Waals surface area (Å²) in [6.45, 7) is 0.873. The van der Waals surface area contributed by atoms with Crippen LogP contribution in [0.3, 0.4) is 0 Å². The quantitative estimate of drug-likeness (QED) is 0.820. The second kappa shape index (κ2) is 6.80. The average Bonchev–Trinajstić information content (AvgIpc) is 2.42. The largest absolute Gasteiger partial charge is 0.330 e. The van der Waals surface area contributed by atoms with Crippen molar-refractivity contribution in [2.75, 3.05) is 6.54 Å². The van der Waals surface area contributed by atoms with Crippen LogP contribution >= 0.6 is 0 Å². The Labute approximate surface area is 105 Å². The fraction of sp³-hybridized carbons (Fsp3) is 0.625. The Morgan fingerprint density at radius 2 is 1.76 bits per heavy atom. The Morgan fingerprint density at radius 1 is 1.06 bits per heavy atom. The lowest BCUT2D eigenvalue weighted by Crippen LogP contribution is -2.25. The number of nitrogens with two attached hydrogens (primary N) is 1. The zero-order chi connectivity index (χ0) is 11.9. The van der Waals surface area contributed by atoms with Crippen molar-refractivity contribution in [1.82, 2.24) is 0 Å². The van der Waals surface area contributed by atoms with Crippen molar-refractivity contribution in [1.29, 1.82) is 0 Å². The standard InChI is InChI=1S/C16H25N/c17-13-16(15-9-5-2-6-10-15)12-11-14-7-3-1-4-8-14/h1,3-4,7-8,15-16H,2,5-6,9-13,17H2. The summed E-state index contributed by atoms with van der Waals surface area (Å²) in [5.74, 6) is 1.65. The van der Waals surface area contributed by atoms with E-state index in [4.69, 9.17) is 5.73 Å². The smallest absolute Gasteiger partial charge is 0.00461 e. The Morgan fingerprint density at radius 3 is 2.41 bits per heavy atom. The number of hydrogen-bond acceptors (Lipinski definition) is 1. The van der Waals surface area contributed by atoms with E-state index in [1.54, 1.807) is 0 Å². The molecule has 1 fully saturated rings. The van der Waals surface area contributed by atoms with Crippen molar-refractivity contribution in [2.24, 2.45) is 17.6 Å². The van der Waals surface area contributed by atoms with E-state index < -0.39 is 0 Å². The van der Waals surface area contributed by atoms with Gasteiger partial charge in [0.25, 0.3) is 0 Å². The van der Waals surface area contributed by atoms with E-state index in [0.29, 0.717) is 0 Å². The second-order valence-electron chi connectivity index (χ2n) is 5.42. The lowest BCUT2D eigenvalue weighted by atomic mass is 9.77. The third-order valence-electron chi connectivity index (χ3n) is 4.27. The fourth-order valence-electron chi connectivity index (χ4n) is 3.15. The number of hydrogen-bond donors (Lipinski definition) is 1. The van der Waals surface area contributed by atoms with Crippen molar-refractivity contribution in [3.8, 4) is 0 Å². The van der Waals surface area contributed by atoms with E-state index in [-0.39, 0.29) is 0 Å². The molecule has 0 heterocycles. The molecule has 0 radical (unpaired) electrons. The van der Waals surface area contributed by atoms with Crippen molar-refractivity contribution in [3.05, 3.63) is 35.9 Å². The molecule has 1 nitrogen and oxygen atoms in total. The van der Waals surface area contributed by atoms with Crippen molar-refractivity contribution >= 4 is 0 Å². The van der Waals surface area contributed by atoms with Gasteiger partial charge in [0.2, 0.25) is 0 Å². The number of rotatable bonds is 5. The molecule has 0 spiro atoms. The summed E-state index contributed by atoms with van der Waals surface area (Å²) >= 11 is 0. The van der Waals surface area contributed by atoms with E-state index in [2.05, 4.69) is 30.3 Å². The van der Waals surface area contributed by atoms with Gasteiger partial charge in [-0.2, -0.15) is 0 Å². The predicted molar refractivity (Wildman–Crippen MR) is 73.9 cm³/mol. The first-order valence-electron chi connectivity index (χ1n) is 7.14. The van der Waals surface area contributed by atoms with E-state index in [1.807, 2.05) is 0 Å². The van der Waals surface area contributed by atoms with Gasteiger partial charge in [-0.1, -0.05) is 62.4 Å². The fourth-order valence-corrected chi connectivity index (χ4v) is 3.15. The molecule has 2 rings (SSSR count). The average molecular weight is 231 g/mol. The lowest BCUT2D eigenvalue weighted by Gasteiger charge is -2.29. The molecule has 1 atom stereocenters. The van der Waals surface area contributed by atoms with Crippen LogP contribution in [0.25, 0.3) is 0 Å². The van der Waals surface area contributed by atoms with Gasteiger partial charge >= 0.3 is 0 Å². The maximum absolute atomic E-state index is 5.97. The third kappa shape index (κ3) is 3.85. The monoisotopic (exact) mass is 231 g/mol. The van der Waals surface area contributed by atoms with Gasteiger partial charge in [0.15, 0.2) is 0 Å². The Balaban J connectivity index is 1.82. The summed E-state index contributed by atoms with van der Waals surface area (Å²) < 4.78 is 0. The molecule has 0 bridgehead atoms. The minimum absolute atomic E-state index is 0.746. The Kier molecular flexibility index (Phi) is 5.06. The van der Waals surface area contributed by atoms with E-state index in [1.165, 1.54) is 50.5 Å². The van der Waals surface area contributed by atoms with Gasteiger partial charge in [0, 0.05) is 0 Å². The summed E-state index contributed by atoms with van der Waals surface area (Å²) in [5, 5.41) is 0. The predicted octanol–water partition coefficient (Wildman–Crippen LogP) is 3.77. The molecular formula is C16H25N. The zero-order valence-electron chi connectivity index (χ0n) is 10.8. The zero-order valence-corrected chi connectivity index (χ0v) is 10.8. The van der Waals surface area contributed by atoms with Gasteiger partial charge in [-0.25, -0.2) is 0 Å². The molecule has 1 unspecified atom stereocenters. The third-order valence-corrected chi connectivity index (χ3v) is 4.27.